The van der Waals surface area contributed by atoms with Crippen LogP contribution in [0.2, 0.25) is 0 Å². The molecule has 2 heterocycles. The van der Waals surface area contributed by atoms with E-state index in [1.807, 2.05) is 0 Å². The van der Waals surface area contributed by atoms with Gasteiger partial charge in [0.05, 0.1) is 16.8 Å². The average molecular weight is 331 g/mol. The Morgan fingerprint density at radius 2 is 2.08 bits per heavy atom. The van der Waals surface area contributed by atoms with Gasteiger partial charge in [0.1, 0.15) is 0 Å². The molecule has 126 valence electrons. The van der Waals surface area contributed by atoms with Crippen LogP contribution in [0.4, 0.5) is 0 Å². The maximum atomic E-state index is 12.5. The number of amides is 1. The van der Waals surface area contributed by atoms with Gasteiger partial charge >= 0.3 is 11.7 Å². The van der Waals surface area contributed by atoms with Crippen LogP contribution in [0.1, 0.15) is 23.7 Å². The zero-order valence-corrected chi connectivity index (χ0v) is 13.1. The summed E-state index contributed by atoms with van der Waals surface area (Å²) in [6, 6.07) is 4.50. The van der Waals surface area contributed by atoms with Crippen LogP contribution in [0.25, 0.3) is 10.9 Å². The van der Waals surface area contributed by atoms with Crippen molar-refractivity contribution in [2.24, 2.45) is 5.92 Å². The fraction of sp³-hybridized carbons (Fsp3) is 0.375. The van der Waals surface area contributed by atoms with E-state index in [0.29, 0.717) is 29.4 Å². The summed E-state index contributed by atoms with van der Waals surface area (Å²) in [5.41, 5.74) is -0.304. The highest BCUT2D eigenvalue weighted by Gasteiger charge is 2.31. The summed E-state index contributed by atoms with van der Waals surface area (Å²) in [7, 11) is 0. The highest BCUT2D eigenvalue weighted by Crippen LogP contribution is 2.20. The first-order chi connectivity index (χ1) is 11.4. The number of likely N-dealkylation sites (tertiary alicyclic amines) is 1. The van der Waals surface area contributed by atoms with Crippen LogP contribution in [-0.4, -0.2) is 44.5 Å². The lowest BCUT2D eigenvalue weighted by Crippen LogP contribution is -2.34. The molecule has 1 aromatic heterocycles. The predicted molar refractivity (Wildman–Crippen MR) is 86.1 cm³/mol. The van der Waals surface area contributed by atoms with Gasteiger partial charge in [-0.15, -0.1) is 0 Å². The standard InChI is InChI=1S/C16H17N3O5/c1-2-19-14(21)11-4-3-9(7-12(11)17-16(19)24)13(20)18-6-5-10(8-18)15(22)23/h3-4,7,10H,2,5-6,8H2,1H3,(H,17,24)(H,22,23). The Morgan fingerprint density at radius 1 is 1.33 bits per heavy atom. The molecule has 8 nitrogen and oxygen atoms in total. The first-order valence-electron chi connectivity index (χ1n) is 7.71. The van der Waals surface area contributed by atoms with Gasteiger partial charge in [-0.05, 0) is 31.5 Å². The number of fused-ring (bicyclic) bond motifs is 1. The second kappa shape index (κ2) is 5.95. The number of hydrogen-bond donors (Lipinski definition) is 2. The minimum atomic E-state index is -0.909. The number of carboxylic acid groups (broad SMARTS) is 1. The molecule has 0 spiro atoms. The number of nitrogens with one attached hydrogen (secondary N) is 1. The SMILES string of the molecule is CCn1c(=O)[nH]c2cc(C(=O)N3CCC(C(=O)O)C3)ccc2c1=O. The number of carbonyl (C=O) groups excluding carboxylic acids is 1. The van der Waals surface area contributed by atoms with E-state index in [1.54, 1.807) is 6.92 Å². The first kappa shape index (κ1) is 16.0. The van der Waals surface area contributed by atoms with Gasteiger partial charge in [-0.25, -0.2) is 4.79 Å². The summed E-state index contributed by atoms with van der Waals surface area (Å²) >= 11 is 0. The fourth-order valence-electron chi connectivity index (χ4n) is 3.00. The van der Waals surface area contributed by atoms with Gasteiger partial charge in [-0.1, -0.05) is 0 Å². The molecule has 2 N–H and O–H groups in total. The number of aromatic amines is 1. The summed E-state index contributed by atoms with van der Waals surface area (Å²) in [5.74, 6) is -1.76. The van der Waals surface area contributed by atoms with Crippen LogP contribution in [0.15, 0.2) is 27.8 Å². The van der Waals surface area contributed by atoms with Crippen molar-refractivity contribution in [2.45, 2.75) is 19.9 Å². The highest BCUT2D eigenvalue weighted by atomic mass is 16.4. The number of aliphatic carboxylic acids is 1. The molecular weight excluding hydrogens is 314 g/mol. The van der Waals surface area contributed by atoms with E-state index in [1.165, 1.54) is 23.1 Å². The Kier molecular flexibility index (Phi) is 3.96. The topological polar surface area (TPSA) is 112 Å². The Balaban J connectivity index is 1.97. The zero-order chi connectivity index (χ0) is 17.4. The number of carbonyl (C=O) groups is 2. The highest BCUT2D eigenvalue weighted by molar-refractivity contribution is 5.98. The largest absolute Gasteiger partial charge is 0.481 e. The molecule has 0 saturated carbocycles. The Bertz CT molecular complexity index is 943. The van der Waals surface area contributed by atoms with E-state index in [4.69, 9.17) is 5.11 Å². The first-order valence-corrected chi connectivity index (χ1v) is 7.71. The maximum absolute atomic E-state index is 12.5. The quantitative estimate of drug-likeness (QED) is 0.837. The van der Waals surface area contributed by atoms with Crippen molar-refractivity contribution in [3.63, 3.8) is 0 Å². The molecule has 1 unspecified atom stereocenters. The predicted octanol–water partition coefficient (Wildman–Crippen LogP) is 0.256. The molecule has 1 aliphatic heterocycles. The van der Waals surface area contributed by atoms with E-state index in [2.05, 4.69) is 4.98 Å². The van der Waals surface area contributed by atoms with E-state index >= 15 is 0 Å². The molecule has 1 aromatic carbocycles. The van der Waals surface area contributed by atoms with Crippen molar-refractivity contribution in [1.29, 1.82) is 0 Å². The fourth-order valence-corrected chi connectivity index (χ4v) is 3.00. The van der Waals surface area contributed by atoms with Crippen molar-refractivity contribution < 1.29 is 14.7 Å². The summed E-state index contributed by atoms with van der Waals surface area (Å²) < 4.78 is 1.09. The number of hydrogen-bond acceptors (Lipinski definition) is 4. The van der Waals surface area contributed by atoms with Gasteiger partial charge in [-0.2, -0.15) is 0 Å². The number of H-pyrrole nitrogens is 1. The van der Waals surface area contributed by atoms with Crippen LogP contribution in [0.3, 0.4) is 0 Å². The number of aromatic nitrogens is 2. The molecule has 8 heteroatoms. The molecule has 2 aromatic rings. The lowest BCUT2D eigenvalue weighted by atomic mass is 10.1. The molecule has 1 atom stereocenters. The van der Waals surface area contributed by atoms with E-state index in [0.717, 1.165) is 4.57 Å². The zero-order valence-electron chi connectivity index (χ0n) is 13.1. The third-order valence-electron chi connectivity index (χ3n) is 4.37. The molecule has 1 aliphatic rings. The number of rotatable bonds is 3. The van der Waals surface area contributed by atoms with Crippen molar-refractivity contribution in [1.82, 2.24) is 14.5 Å². The minimum Gasteiger partial charge on any atom is -0.481 e. The van der Waals surface area contributed by atoms with Gasteiger partial charge in [-0.3, -0.25) is 19.0 Å². The third-order valence-corrected chi connectivity index (χ3v) is 4.37. The van der Waals surface area contributed by atoms with Crippen LogP contribution in [0, 0.1) is 5.92 Å². The molecule has 1 fully saturated rings. The van der Waals surface area contributed by atoms with Crippen LogP contribution >= 0.6 is 0 Å². The molecule has 1 amide bonds. The molecule has 3 rings (SSSR count). The second-order valence-electron chi connectivity index (χ2n) is 5.81. The molecule has 0 bridgehead atoms. The Hall–Kier alpha value is -2.90. The van der Waals surface area contributed by atoms with E-state index in [9.17, 15) is 19.2 Å². The van der Waals surface area contributed by atoms with Gasteiger partial charge in [0, 0.05) is 25.2 Å². The molecule has 1 saturated heterocycles. The lowest BCUT2D eigenvalue weighted by molar-refractivity contribution is -0.141. The van der Waals surface area contributed by atoms with Crippen molar-refractivity contribution >= 4 is 22.8 Å². The van der Waals surface area contributed by atoms with Crippen LogP contribution in [0.5, 0.6) is 0 Å². The smallest absolute Gasteiger partial charge is 0.328 e. The normalized spacial score (nSPS) is 17.4. The lowest BCUT2D eigenvalue weighted by Gasteiger charge is -2.16. The van der Waals surface area contributed by atoms with Crippen molar-refractivity contribution in [3.8, 4) is 0 Å². The maximum Gasteiger partial charge on any atom is 0.328 e. The van der Waals surface area contributed by atoms with Crippen molar-refractivity contribution in [2.75, 3.05) is 13.1 Å². The second-order valence-corrected chi connectivity index (χ2v) is 5.81. The van der Waals surface area contributed by atoms with Gasteiger partial charge in [0.15, 0.2) is 0 Å². The summed E-state index contributed by atoms with van der Waals surface area (Å²) in [5, 5.41) is 9.35. The summed E-state index contributed by atoms with van der Waals surface area (Å²) in [4.78, 5) is 51.7. The number of benzene rings is 1. The van der Waals surface area contributed by atoms with E-state index in [-0.39, 0.29) is 19.0 Å². The third kappa shape index (κ3) is 2.60. The summed E-state index contributed by atoms with van der Waals surface area (Å²) in [6.07, 6.45) is 0.423. The average Bonchev–Trinajstić information content (AvgIpc) is 3.04. The van der Waals surface area contributed by atoms with Crippen molar-refractivity contribution in [3.05, 3.63) is 44.6 Å². The number of carboxylic acids is 1. The monoisotopic (exact) mass is 331 g/mol. The van der Waals surface area contributed by atoms with Gasteiger partial charge in [0.25, 0.3) is 11.5 Å². The molecular formula is C16H17N3O5. The van der Waals surface area contributed by atoms with Gasteiger partial charge < -0.3 is 15.0 Å². The van der Waals surface area contributed by atoms with Crippen LogP contribution < -0.4 is 11.2 Å². The van der Waals surface area contributed by atoms with E-state index < -0.39 is 23.1 Å². The molecule has 0 radical (unpaired) electrons. The van der Waals surface area contributed by atoms with Crippen LogP contribution in [-0.2, 0) is 11.3 Å². The molecule has 24 heavy (non-hydrogen) atoms. The Labute approximate surface area is 136 Å². The van der Waals surface area contributed by atoms with Gasteiger partial charge in [0.2, 0.25) is 0 Å². The number of nitrogens with zero attached hydrogens (tertiary/aromatic N) is 2. The Morgan fingerprint density at radius 3 is 2.71 bits per heavy atom. The minimum absolute atomic E-state index is 0.167. The summed E-state index contributed by atoms with van der Waals surface area (Å²) in [6.45, 7) is 2.50. The molecule has 0 aliphatic carbocycles.